The molecule has 0 aliphatic heterocycles. The topological polar surface area (TPSA) is 66.4 Å². The predicted octanol–water partition coefficient (Wildman–Crippen LogP) is 2.05. The van der Waals surface area contributed by atoms with Gasteiger partial charge in [-0.1, -0.05) is 0 Å². The summed E-state index contributed by atoms with van der Waals surface area (Å²) < 4.78 is 0. The van der Waals surface area contributed by atoms with E-state index < -0.39 is 5.97 Å². The molecule has 0 fully saturated rings. The van der Waals surface area contributed by atoms with Gasteiger partial charge in [-0.15, -0.1) is 11.3 Å². The molecule has 0 bridgehead atoms. The Balaban J connectivity index is 2.47. The van der Waals surface area contributed by atoms with Gasteiger partial charge in [0.25, 0.3) is 0 Å². The SMILES string of the molecule is Cc1ccsc1/C=C/C(=O)NC(C)CC(=O)O. The van der Waals surface area contributed by atoms with Crippen LogP contribution in [0.15, 0.2) is 17.5 Å². The van der Waals surface area contributed by atoms with Gasteiger partial charge in [0, 0.05) is 17.0 Å². The second-order valence-corrected chi connectivity index (χ2v) is 4.76. The molecular formula is C12H15NO3S. The van der Waals surface area contributed by atoms with E-state index in [0.717, 1.165) is 10.4 Å². The lowest BCUT2D eigenvalue weighted by Gasteiger charge is -2.08. The lowest BCUT2D eigenvalue weighted by Crippen LogP contribution is -2.32. The van der Waals surface area contributed by atoms with Crippen LogP contribution in [0.1, 0.15) is 23.8 Å². The maximum atomic E-state index is 11.5. The lowest BCUT2D eigenvalue weighted by molar-refractivity contribution is -0.137. The molecule has 0 saturated heterocycles. The molecule has 1 atom stereocenters. The monoisotopic (exact) mass is 253 g/mol. The van der Waals surface area contributed by atoms with E-state index in [-0.39, 0.29) is 18.4 Å². The summed E-state index contributed by atoms with van der Waals surface area (Å²) in [6, 6.07) is 1.61. The fourth-order valence-electron chi connectivity index (χ4n) is 1.31. The van der Waals surface area contributed by atoms with E-state index in [4.69, 9.17) is 5.11 Å². The molecule has 0 saturated carbocycles. The third-order valence-corrected chi connectivity index (χ3v) is 3.14. The van der Waals surface area contributed by atoms with Gasteiger partial charge in [-0.05, 0) is 36.9 Å². The number of aliphatic carboxylic acids is 1. The van der Waals surface area contributed by atoms with Crippen LogP contribution in [0.2, 0.25) is 0 Å². The zero-order valence-corrected chi connectivity index (χ0v) is 10.6. The van der Waals surface area contributed by atoms with Crippen LogP contribution in [0, 0.1) is 6.92 Å². The van der Waals surface area contributed by atoms with Crippen molar-refractivity contribution in [2.75, 3.05) is 0 Å². The number of carboxylic acid groups (broad SMARTS) is 1. The van der Waals surface area contributed by atoms with Crippen molar-refractivity contribution in [2.45, 2.75) is 26.3 Å². The first-order chi connectivity index (χ1) is 7.99. The quantitative estimate of drug-likeness (QED) is 0.789. The molecule has 1 aromatic heterocycles. The van der Waals surface area contributed by atoms with Crippen molar-refractivity contribution in [3.8, 4) is 0 Å². The summed E-state index contributed by atoms with van der Waals surface area (Å²) in [6.45, 7) is 3.64. The number of thiophene rings is 1. The normalized spacial score (nSPS) is 12.6. The minimum atomic E-state index is -0.920. The van der Waals surface area contributed by atoms with Crippen molar-refractivity contribution in [3.05, 3.63) is 28.0 Å². The molecule has 1 unspecified atom stereocenters. The van der Waals surface area contributed by atoms with Gasteiger partial charge in [-0.3, -0.25) is 9.59 Å². The van der Waals surface area contributed by atoms with Crippen LogP contribution in [0.3, 0.4) is 0 Å². The van der Waals surface area contributed by atoms with E-state index in [9.17, 15) is 9.59 Å². The van der Waals surface area contributed by atoms with E-state index in [1.165, 1.54) is 6.08 Å². The third kappa shape index (κ3) is 4.82. The first kappa shape index (κ1) is 13.4. The van der Waals surface area contributed by atoms with Crippen LogP contribution in [-0.4, -0.2) is 23.0 Å². The lowest BCUT2D eigenvalue weighted by atomic mass is 10.2. The molecule has 4 nitrogen and oxygen atoms in total. The van der Waals surface area contributed by atoms with Gasteiger partial charge in [-0.25, -0.2) is 0 Å². The molecule has 17 heavy (non-hydrogen) atoms. The van der Waals surface area contributed by atoms with Crippen LogP contribution in [0.25, 0.3) is 6.08 Å². The molecule has 92 valence electrons. The Morgan fingerprint density at radius 2 is 2.29 bits per heavy atom. The second kappa shape index (κ2) is 6.20. The fraction of sp³-hybridized carbons (Fsp3) is 0.333. The number of hydrogen-bond donors (Lipinski definition) is 2. The van der Waals surface area contributed by atoms with Crippen molar-refractivity contribution in [1.29, 1.82) is 0 Å². The number of hydrogen-bond acceptors (Lipinski definition) is 3. The first-order valence-electron chi connectivity index (χ1n) is 5.23. The Kier molecular flexibility index (Phi) is 4.90. The van der Waals surface area contributed by atoms with E-state index in [2.05, 4.69) is 5.32 Å². The van der Waals surface area contributed by atoms with Gasteiger partial charge in [0.1, 0.15) is 0 Å². The molecule has 0 spiro atoms. The number of aryl methyl sites for hydroxylation is 1. The van der Waals surface area contributed by atoms with Crippen molar-refractivity contribution in [1.82, 2.24) is 5.32 Å². The highest BCUT2D eigenvalue weighted by Crippen LogP contribution is 2.16. The molecular weight excluding hydrogens is 238 g/mol. The molecule has 5 heteroatoms. The van der Waals surface area contributed by atoms with Crippen LogP contribution in [-0.2, 0) is 9.59 Å². The number of carboxylic acids is 1. The molecule has 0 radical (unpaired) electrons. The Bertz CT molecular complexity index is 437. The molecule has 1 rings (SSSR count). The summed E-state index contributed by atoms with van der Waals surface area (Å²) in [5.74, 6) is -1.19. The van der Waals surface area contributed by atoms with Gasteiger partial charge in [0.2, 0.25) is 5.91 Å². The average Bonchev–Trinajstić information content (AvgIpc) is 2.59. The van der Waals surface area contributed by atoms with Crippen LogP contribution in [0.5, 0.6) is 0 Å². The summed E-state index contributed by atoms with van der Waals surface area (Å²) in [6.07, 6.45) is 3.09. The summed E-state index contributed by atoms with van der Waals surface area (Å²) in [5.41, 5.74) is 1.12. The second-order valence-electron chi connectivity index (χ2n) is 3.81. The fourth-order valence-corrected chi connectivity index (χ4v) is 2.13. The number of carbonyl (C=O) groups excluding carboxylic acids is 1. The highest BCUT2D eigenvalue weighted by molar-refractivity contribution is 7.11. The smallest absolute Gasteiger partial charge is 0.305 e. The van der Waals surface area contributed by atoms with Crippen molar-refractivity contribution < 1.29 is 14.7 Å². The van der Waals surface area contributed by atoms with E-state index in [0.29, 0.717) is 0 Å². The minimum absolute atomic E-state index is 0.0718. The number of carbonyl (C=O) groups is 2. The zero-order chi connectivity index (χ0) is 12.8. The number of rotatable bonds is 5. The Labute approximate surface area is 104 Å². The molecule has 1 aromatic rings. The number of nitrogens with one attached hydrogen (secondary N) is 1. The van der Waals surface area contributed by atoms with Crippen molar-refractivity contribution in [3.63, 3.8) is 0 Å². The highest BCUT2D eigenvalue weighted by Gasteiger charge is 2.08. The largest absolute Gasteiger partial charge is 0.481 e. The number of amides is 1. The van der Waals surface area contributed by atoms with E-state index in [1.54, 1.807) is 24.3 Å². The first-order valence-corrected chi connectivity index (χ1v) is 6.11. The van der Waals surface area contributed by atoms with Gasteiger partial charge in [0.15, 0.2) is 0 Å². The van der Waals surface area contributed by atoms with E-state index in [1.807, 2.05) is 18.4 Å². The molecule has 0 aromatic carbocycles. The molecule has 2 N–H and O–H groups in total. The van der Waals surface area contributed by atoms with Gasteiger partial charge < -0.3 is 10.4 Å². The minimum Gasteiger partial charge on any atom is -0.481 e. The van der Waals surface area contributed by atoms with Crippen LogP contribution >= 0.6 is 11.3 Å². The molecule has 0 aliphatic rings. The van der Waals surface area contributed by atoms with Crippen molar-refractivity contribution in [2.24, 2.45) is 0 Å². The summed E-state index contributed by atoms with van der Waals surface area (Å²) in [5, 5.41) is 13.1. The standard InChI is InChI=1S/C12H15NO3S/c1-8-5-6-17-10(8)3-4-11(14)13-9(2)7-12(15)16/h3-6,9H,7H2,1-2H3,(H,13,14)(H,15,16)/b4-3+. The zero-order valence-electron chi connectivity index (χ0n) is 9.77. The van der Waals surface area contributed by atoms with Crippen LogP contribution < -0.4 is 5.32 Å². The maximum Gasteiger partial charge on any atom is 0.305 e. The highest BCUT2D eigenvalue weighted by atomic mass is 32.1. The molecule has 0 aliphatic carbocycles. The van der Waals surface area contributed by atoms with E-state index >= 15 is 0 Å². The Hall–Kier alpha value is -1.62. The van der Waals surface area contributed by atoms with Gasteiger partial charge >= 0.3 is 5.97 Å². The molecule has 1 amide bonds. The molecule has 1 heterocycles. The Morgan fingerprint density at radius 3 is 2.82 bits per heavy atom. The third-order valence-electron chi connectivity index (χ3n) is 2.16. The summed E-state index contributed by atoms with van der Waals surface area (Å²) in [7, 11) is 0. The average molecular weight is 253 g/mol. The predicted molar refractivity (Wildman–Crippen MR) is 67.9 cm³/mol. The summed E-state index contributed by atoms with van der Waals surface area (Å²) in [4.78, 5) is 22.9. The van der Waals surface area contributed by atoms with Crippen molar-refractivity contribution >= 4 is 29.3 Å². The Morgan fingerprint density at radius 1 is 1.59 bits per heavy atom. The van der Waals surface area contributed by atoms with Gasteiger partial charge in [0.05, 0.1) is 6.42 Å². The van der Waals surface area contributed by atoms with Crippen LogP contribution in [0.4, 0.5) is 0 Å². The summed E-state index contributed by atoms with van der Waals surface area (Å²) >= 11 is 1.56. The maximum absolute atomic E-state index is 11.5. The van der Waals surface area contributed by atoms with Gasteiger partial charge in [-0.2, -0.15) is 0 Å².